The lowest BCUT2D eigenvalue weighted by Crippen LogP contribution is -2.35. The molecule has 1 aliphatic carbocycles. The summed E-state index contributed by atoms with van der Waals surface area (Å²) in [4.78, 5) is 26.1. The van der Waals surface area contributed by atoms with Crippen LogP contribution in [-0.2, 0) is 14.8 Å². The van der Waals surface area contributed by atoms with Gasteiger partial charge in [0, 0.05) is 24.3 Å². The largest absolute Gasteiger partial charge is 0.332 e. The van der Waals surface area contributed by atoms with E-state index in [0.29, 0.717) is 15.7 Å². The summed E-state index contributed by atoms with van der Waals surface area (Å²) in [6.45, 7) is -0.226. The van der Waals surface area contributed by atoms with Crippen LogP contribution in [0.4, 0.5) is 5.69 Å². The van der Waals surface area contributed by atoms with Crippen LogP contribution in [0.1, 0.15) is 23.2 Å². The Morgan fingerprint density at radius 2 is 1.83 bits per heavy atom. The summed E-state index contributed by atoms with van der Waals surface area (Å²) < 4.78 is 27.3. The molecule has 0 bridgehead atoms. The van der Waals surface area contributed by atoms with Crippen molar-refractivity contribution in [1.29, 1.82) is 0 Å². The van der Waals surface area contributed by atoms with Crippen molar-refractivity contribution in [1.82, 2.24) is 9.62 Å². The van der Waals surface area contributed by atoms with E-state index >= 15 is 0 Å². The Hall–Kier alpha value is -2.13. The van der Waals surface area contributed by atoms with Gasteiger partial charge in [-0.05, 0) is 49.2 Å². The van der Waals surface area contributed by atoms with Crippen molar-refractivity contribution < 1.29 is 18.0 Å². The Balaban J connectivity index is 1.65. The van der Waals surface area contributed by atoms with Gasteiger partial charge in [0.15, 0.2) is 0 Å². The molecule has 0 heterocycles. The van der Waals surface area contributed by atoms with E-state index in [1.165, 1.54) is 42.3 Å². The van der Waals surface area contributed by atoms with Gasteiger partial charge in [-0.3, -0.25) is 9.59 Å². The van der Waals surface area contributed by atoms with Crippen molar-refractivity contribution in [2.45, 2.75) is 23.8 Å². The highest BCUT2D eigenvalue weighted by Gasteiger charge is 2.28. The third kappa shape index (κ3) is 5.70. The number of anilines is 1. The Morgan fingerprint density at radius 3 is 2.48 bits per heavy atom. The van der Waals surface area contributed by atoms with E-state index in [0.717, 1.165) is 12.8 Å². The average molecular weight is 456 g/mol. The molecular weight excluding hydrogens is 437 g/mol. The van der Waals surface area contributed by atoms with Crippen molar-refractivity contribution in [3.63, 3.8) is 0 Å². The fourth-order valence-electron chi connectivity index (χ4n) is 2.57. The molecule has 7 nitrogen and oxygen atoms in total. The molecule has 29 heavy (non-hydrogen) atoms. The number of carbonyl (C=O) groups excluding carboxylic acids is 2. The number of likely N-dealkylation sites (N-methyl/N-ethyl adjacent to an activating group) is 1. The Labute approximate surface area is 179 Å². The second kappa shape index (κ2) is 8.71. The lowest BCUT2D eigenvalue weighted by molar-refractivity contribution is -0.116. The van der Waals surface area contributed by atoms with Crippen LogP contribution in [0.2, 0.25) is 10.0 Å². The number of hydrogen-bond acceptors (Lipinski definition) is 4. The maximum absolute atomic E-state index is 12.6. The summed E-state index contributed by atoms with van der Waals surface area (Å²) in [5, 5.41) is 3.29. The van der Waals surface area contributed by atoms with Gasteiger partial charge in [0.1, 0.15) is 0 Å². The van der Waals surface area contributed by atoms with E-state index in [1.54, 1.807) is 12.1 Å². The van der Waals surface area contributed by atoms with Gasteiger partial charge in [0.2, 0.25) is 15.9 Å². The normalized spacial score (nSPS) is 13.8. The molecule has 0 saturated heterocycles. The average Bonchev–Trinajstić information content (AvgIpc) is 3.47. The zero-order valence-electron chi connectivity index (χ0n) is 15.5. The highest BCUT2D eigenvalue weighted by molar-refractivity contribution is 7.89. The first kappa shape index (κ1) is 21.6. The molecule has 154 valence electrons. The van der Waals surface area contributed by atoms with Crippen LogP contribution in [0.3, 0.4) is 0 Å². The lowest BCUT2D eigenvalue weighted by atomic mass is 10.2. The molecule has 1 saturated carbocycles. The van der Waals surface area contributed by atoms with Crippen molar-refractivity contribution in [2.24, 2.45) is 0 Å². The van der Waals surface area contributed by atoms with Crippen LogP contribution in [-0.4, -0.2) is 44.8 Å². The molecule has 2 aromatic carbocycles. The molecule has 1 fully saturated rings. The van der Waals surface area contributed by atoms with Crippen LogP contribution in [0.25, 0.3) is 0 Å². The minimum Gasteiger partial charge on any atom is -0.332 e. The maximum atomic E-state index is 12.6. The number of hydrogen-bond donors (Lipinski definition) is 2. The van der Waals surface area contributed by atoms with Gasteiger partial charge in [-0.1, -0.05) is 29.3 Å². The highest BCUT2D eigenvalue weighted by Crippen LogP contribution is 2.25. The van der Waals surface area contributed by atoms with Gasteiger partial charge in [0.05, 0.1) is 21.5 Å². The molecule has 2 N–H and O–H groups in total. The second-order valence-corrected chi connectivity index (χ2v) is 9.29. The summed E-state index contributed by atoms with van der Waals surface area (Å²) in [6.07, 6.45) is 1.63. The molecule has 0 aliphatic heterocycles. The van der Waals surface area contributed by atoms with Crippen LogP contribution < -0.4 is 10.0 Å². The SMILES string of the molecule is CN(CC(=O)Nc1ccc(Cl)c(Cl)c1)C(=O)c1cccc(S(=O)(=O)NC2CC2)c1. The maximum Gasteiger partial charge on any atom is 0.254 e. The molecule has 0 spiro atoms. The molecule has 1 aliphatic rings. The van der Waals surface area contributed by atoms with E-state index in [4.69, 9.17) is 23.2 Å². The van der Waals surface area contributed by atoms with Crippen molar-refractivity contribution >= 4 is 50.7 Å². The first-order valence-electron chi connectivity index (χ1n) is 8.78. The van der Waals surface area contributed by atoms with Gasteiger partial charge < -0.3 is 10.2 Å². The molecular formula is C19H19Cl2N3O4S. The van der Waals surface area contributed by atoms with Crippen LogP contribution in [0, 0.1) is 0 Å². The Morgan fingerprint density at radius 1 is 1.10 bits per heavy atom. The van der Waals surface area contributed by atoms with Crippen molar-refractivity contribution in [3.05, 3.63) is 58.1 Å². The lowest BCUT2D eigenvalue weighted by Gasteiger charge is -2.17. The molecule has 2 amide bonds. The zero-order chi connectivity index (χ0) is 21.2. The number of nitrogens with one attached hydrogen (secondary N) is 2. The number of nitrogens with zero attached hydrogens (tertiary/aromatic N) is 1. The van der Waals surface area contributed by atoms with E-state index in [2.05, 4.69) is 10.0 Å². The third-order valence-electron chi connectivity index (χ3n) is 4.22. The fraction of sp³-hybridized carbons (Fsp3) is 0.263. The Kier molecular flexibility index (Phi) is 6.48. The number of amides is 2. The van der Waals surface area contributed by atoms with Gasteiger partial charge in [-0.25, -0.2) is 13.1 Å². The van der Waals surface area contributed by atoms with E-state index in [9.17, 15) is 18.0 Å². The number of carbonyl (C=O) groups is 2. The van der Waals surface area contributed by atoms with Gasteiger partial charge in [-0.15, -0.1) is 0 Å². The van der Waals surface area contributed by atoms with E-state index in [1.807, 2.05) is 0 Å². The topological polar surface area (TPSA) is 95.6 Å². The summed E-state index contributed by atoms with van der Waals surface area (Å²) >= 11 is 11.8. The minimum atomic E-state index is -3.67. The van der Waals surface area contributed by atoms with Crippen LogP contribution >= 0.6 is 23.2 Å². The number of sulfonamides is 1. The first-order valence-corrected chi connectivity index (χ1v) is 11.0. The van der Waals surface area contributed by atoms with Crippen LogP contribution in [0.15, 0.2) is 47.4 Å². The quantitative estimate of drug-likeness (QED) is 0.669. The van der Waals surface area contributed by atoms with Gasteiger partial charge >= 0.3 is 0 Å². The van der Waals surface area contributed by atoms with Gasteiger partial charge in [0.25, 0.3) is 5.91 Å². The van der Waals surface area contributed by atoms with Gasteiger partial charge in [-0.2, -0.15) is 0 Å². The summed E-state index contributed by atoms with van der Waals surface area (Å²) in [5.41, 5.74) is 0.623. The predicted molar refractivity (Wildman–Crippen MR) is 112 cm³/mol. The van der Waals surface area contributed by atoms with Crippen LogP contribution in [0.5, 0.6) is 0 Å². The summed E-state index contributed by atoms with van der Waals surface area (Å²) in [7, 11) is -2.21. The van der Waals surface area contributed by atoms with E-state index < -0.39 is 21.8 Å². The highest BCUT2D eigenvalue weighted by atomic mass is 35.5. The molecule has 0 aromatic heterocycles. The predicted octanol–water partition coefficient (Wildman–Crippen LogP) is 3.14. The zero-order valence-corrected chi connectivity index (χ0v) is 17.8. The summed E-state index contributed by atoms with van der Waals surface area (Å²) in [6, 6.07) is 10.4. The first-order chi connectivity index (χ1) is 13.7. The molecule has 3 rings (SSSR count). The van der Waals surface area contributed by atoms with Crippen molar-refractivity contribution in [3.8, 4) is 0 Å². The second-order valence-electron chi connectivity index (χ2n) is 6.76. The molecule has 10 heteroatoms. The standard InChI is InChI=1S/C19H19Cl2N3O4S/c1-24(11-18(25)22-14-7-8-16(20)17(21)10-14)19(26)12-3-2-4-15(9-12)29(27,28)23-13-5-6-13/h2-4,7-10,13,23H,5-6,11H2,1H3,(H,22,25). The monoisotopic (exact) mass is 455 g/mol. The molecule has 0 radical (unpaired) electrons. The molecule has 0 atom stereocenters. The smallest absolute Gasteiger partial charge is 0.254 e. The fourth-order valence-corrected chi connectivity index (χ4v) is 4.22. The number of benzene rings is 2. The Bertz CT molecular complexity index is 1060. The number of halogens is 2. The van der Waals surface area contributed by atoms with Crippen molar-refractivity contribution in [2.75, 3.05) is 18.9 Å². The number of rotatable bonds is 7. The molecule has 0 unspecified atom stereocenters. The third-order valence-corrected chi connectivity index (χ3v) is 6.48. The van der Waals surface area contributed by atoms with E-state index in [-0.39, 0.29) is 23.0 Å². The minimum absolute atomic E-state index is 0.0175. The molecule has 2 aromatic rings. The summed E-state index contributed by atoms with van der Waals surface area (Å²) in [5.74, 6) is -0.906.